The summed E-state index contributed by atoms with van der Waals surface area (Å²) in [5.41, 5.74) is 2.73. The highest BCUT2D eigenvalue weighted by Crippen LogP contribution is 2.28. The summed E-state index contributed by atoms with van der Waals surface area (Å²) in [6, 6.07) is 12.5. The molecule has 146 valence electrons. The highest BCUT2D eigenvalue weighted by Gasteiger charge is 2.34. The number of amides is 1. The van der Waals surface area contributed by atoms with Crippen LogP contribution in [0, 0.1) is 12.8 Å². The van der Waals surface area contributed by atoms with Crippen LogP contribution in [0.5, 0.6) is 0 Å². The zero-order valence-corrected chi connectivity index (χ0v) is 17.0. The Balaban J connectivity index is 1.54. The minimum atomic E-state index is -3.75. The predicted molar refractivity (Wildman–Crippen MR) is 109 cm³/mol. The summed E-state index contributed by atoms with van der Waals surface area (Å²) < 4.78 is 36.1. The molecule has 1 fully saturated rings. The lowest BCUT2D eigenvalue weighted by Gasteiger charge is -2.31. The maximum atomic E-state index is 13.2. The zero-order valence-electron chi connectivity index (χ0n) is 15.3. The highest BCUT2D eigenvalue weighted by molar-refractivity contribution is 7.89. The van der Waals surface area contributed by atoms with Gasteiger partial charge in [0.15, 0.2) is 0 Å². The van der Waals surface area contributed by atoms with Crippen LogP contribution < -0.4 is 5.32 Å². The van der Waals surface area contributed by atoms with Gasteiger partial charge in [-0.05, 0) is 49.6 Å². The molecule has 2 heterocycles. The average Bonchev–Trinajstić information content (AvgIpc) is 3.17. The summed E-state index contributed by atoms with van der Waals surface area (Å²) in [6.45, 7) is 2.51. The van der Waals surface area contributed by atoms with Crippen LogP contribution in [-0.4, -0.2) is 40.5 Å². The Morgan fingerprint density at radius 2 is 2.04 bits per heavy atom. The van der Waals surface area contributed by atoms with Crippen molar-refractivity contribution in [3.63, 3.8) is 0 Å². The Kier molecular flexibility index (Phi) is 5.13. The Bertz CT molecular complexity index is 1130. The average molecular weight is 417 g/mol. The van der Waals surface area contributed by atoms with E-state index in [1.807, 2.05) is 31.2 Å². The van der Waals surface area contributed by atoms with Crippen LogP contribution in [0.25, 0.3) is 11.0 Å². The Labute approximate surface area is 167 Å². The zero-order chi connectivity index (χ0) is 19.7. The molecule has 0 saturated carbocycles. The summed E-state index contributed by atoms with van der Waals surface area (Å²) in [4.78, 5) is 12.9. The lowest BCUT2D eigenvalue weighted by atomic mass is 9.98. The molecule has 1 amide bonds. The maximum Gasteiger partial charge on any atom is 0.245 e. The smallest absolute Gasteiger partial charge is 0.245 e. The van der Waals surface area contributed by atoms with Crippen molar-refractivity contribution in [3.05, 3.63) is 48.0 Å². The van der Waals surface area contributed by atoms with Crippen molar-refractivity contribution in [3.8, 4) is 0 Å². The van der Waals surface area contributed by atoms with Crippen LogP contribution in [0.15, 0.2) is 47.4 Å². The molecule has 2 aromatic carbocycles. The normalized spacial score (nSPS) is 18.2. The maximum absolute atomic E-state index is 13.2. The summed E-state index contributed by atoms with van der Waals surface area (Å²) in [6.07, 6.45) is 1.29. The fourth-order valence-corrected chi connectivity index (χ4v) is 5.75. The molecule has 1 aliphatic rings. The van der Waals surface area contributed by atoms with Crippen molar-refractivity contribution < 1.29 is 13.2 Å². The Morgan fingerprint density at radius 1 is 1.21 bits per heavy atom. The predicted octanol–water partition coefficient (Wildman–Crippen LogP) is 3.04. The molecule has 1 aromatic heterocycles. The van der Waals surface area contributed by atoms with Gasteiger partial charge in [0, 0.05) is 18.8 Å². The lowest BCUT2D eigenvalue weighted by Crippen LogP contribution is -2.43. The van der Waals surface area contributed by atoms with E-state index in [1.54, 1.807) is 18.2 Å². The molecular formula is C19H20N4O3S2. The van der Waals surface area contributed by atoms with E-state index in [9.17, 15) is 13.2 Å². The highest BCUT2D eigenvalue weighted by atomic mass is 32.2. The van der Waals surface area contributed by atoms with Crippen LogP contribution in [-0.2, 0) is 14.8 Å². The first kappa shape index (κ1) is 19.0. The number of carbonyl (C=O) groups excluding carboxylic acids is 1. The molecule has 1 saturated heterocycles. The van der Waals surface area contributed by atoms with Gasteiger partial charge in [0.2, 0.25) is 15.9 Å². The number of piperidine rings is 1. The van der Waals surface area contributed by atoms with E-state index in [0.717, 1.165) is 23.0 Å². The number of sulfonamides is 1. The van der Waals surface area contributed by atoms with E-state index in [1.165, 1.54) is 4.31 Å². The third kappa shape index (κ3) is 3.65. The molecule has 1 atom stereocenters. The first-order valence-electron chi connectivity index (χ1n) is 9.04. The molecule has 28 heavy (non-hydrogen) atoms. The van der Waals surface area contributed by atoms with Gasteiger partial charge in [-0.25, -0.2) is 8.42 Å². The van der Waals surface area contributed by atoms with Gasteiger partial charge in [-0.15, -0.1) is 0 Å². The van der Waals surface area contributed by atoms with Gasteiger partial charge < -0.3 is 5.32 Å². The molecule has 9 heteroatoms. The number of nitrogens with one attached hydrogen (secondary N) is 1. The Hall–Kier alpha value is -2.36. The number of rotatable bonds is 4. The van der Waals surface area contributed by atoms with Crippen molar-refractivity contribution in [2.45, 2.75) is 24.7 Å². The summed E-state index contributed by atoms with van der Waals surface area (Å²) in [7, 11) is -3.75. The molecule has 0 aliphatic carbocycles. The van der Waals surface area contributed by atoms with Crippen LogP contribution >= 0.6 is 11.7 Å². The molecule has 0 radical (unpaired) electrons. The van der Waals surface area contributed by atoms with Crippen molar-refractivity contribution in [2.75, 3.05) is 18.4 Å². The van der Waals surface area contributed by atoms with E-state index >= 15 is 0 Å². The SMILES string of the molecule is Cc1cccc(NC(=O)[C@H]2CCCN(S(=O)(=O)c3cccc4nsnc34)C2)c1. The minimum Gasteiger partial charge on any atom is -0.326 e. The quantitative estimate of drug-likeness (QED) is 0.706. The van der Waals surface area contributed by atoms with Crippen LogP contribution in [0.3, 0.4) is 0 Å². The van der Waals surface area contributed by atoms with Gasteiger partial charge in [-0.2, -0.15) is 13.1 Å². The molecule has 7 nitrogen and oxygen atoms in total. The molecule has 3 aromatic rings. The number of hydrogen-bond donors (Lipinski definition) is 1. The second-order valence-electron chi connectivity index (χ2n) is 6.95. The molecule has 4 rings (SSSR count). The van der Waals surface area contributed by atoms with Crippen LogP contribution in [0.4, 0.5) is 5.69 Å². The lowest BCUT2D eigenvalue weighted by molar-refractivity contribution is -0.120. The number of hydrogen-bond acceptors (Lipinski definition) is 6. The molecule has 0 bridgehead atoms. The van der Waals surface area contributed by atoms with Crippen molar-refractivity contribution in [1.29, 1.82) is 0 Å². The number of anilines is 1. The fourth-order valence-electron chi connectivity index (χ4n) is 3.47. The number of aromatic nitrogens is 2. The second-order valence-corrected chi connectivity index (χ2v) is 9.38. The third-order valence-electron chi connectivity index (χ3n) is 4.91. The molecule has 0 unspecified atom stereocenters. The number of fused-ring (bicyclic) bond motifs is 1. The van der Waals surface area contributed by atoms with Crippen molar-refractivity contribution in [2.24, 2.45) is 5.92 Å². The summed E-state index contributed by atoms with van der Waals surface area (Å²) in [5.74, 6) is -0.546. The van der Waals surface area contributed by atoms with E-state index in [0.29, 0.717) is 30.4 Å². The van der Waals surface area contributed by atoms with E-state index in [2.05, 4.69) is 14.1 Å². The van der Waals surface area contributed by atoms with Crippen LogP contribution in [0.1, 0.15) is 18.4 Å². The number of nitrogens with zero attached hydrogens (tertiary/aromatic N) is 3. The van der Waals surface area contributed by atoms with E-state index in [4.69, 9.17) is 0 Å². The number of benzene rings is 2. The molecule has 1 aliphatic heterocycles. The van der Waals surface area contributed by atoms with Crippen molar-refractivity contribution >= 4 is 44.4 Å². The van der Waals surface area contributed by atoms with Gasteiger partial charge >= 0.3 is 0 Å². The standard InChI is InChI=1S/C19H20N4O3S2/c1-13-5-2-7-15(11-13)20-19(24)14-6-4-10-23(12-14)28(25,26)17-9-3-8-16-18(17)22-27-21-16/h2-3,5,7-9,11,14H,4,6,10,12H2,1H3,(H,20,24)/t14-/m0/s1. The largest absolute Gasteiger partial charge is 0.326 e. The molecule has 1 N–H and O–H groups in total. The molecule has 0 spiro atoms. The van der Waals surface area contributed by atoms with Crippen LogP contribution in [0.2, 0.25) is 0 Å². The monoisotopic (exact) mass is 416 g/mol. The fraction of sp³-hybridized carbons (Fsp3) is 0.316. The summed E-state index contributed by atoms with van der Waals surface area (Å²) >= 11 is 0.991. The van der Waals surface area contributed by atoms with E-state index in [-0.39, 0.29) is 17.3 Å². The molecular weight excluding hydrogens is 396 g/mol. The second kappa shape index (κ2) is 7.57. The minimum absolute atomic E-state index is 0.151. The van der Waals surface area contributed by atoms with Gasteiger partial charge in [-0.1, -0.05) is 18.2 Å². The van der Waals surface area contributed by atoms with E-state index < -0.39 is 15.9 Å². The topological polar surface area (TPSA) is 92.3 Å². The van der Waals surface area contributed by atoms with Crippen molar-refractivity contribution in [1.82, 2.24) is 13.1 Å². The first-order chi connectivity index (χ1) is 13.4. The summed E-state index contributed by atoms with van der Waals surface area (Å²) in [5, 5.41) is 2.91. The van der Waals surface area contributed by atoms with Gasteiger partial charge in [-0.3, -0.25) is 4.79 Å². The van der Waals surface area contributed by atoms with Gasteiger partial charge in [0.1, 0.15) is 15.9 Å². The van der Waals surface area contributed by atoms with Gasteiger partial charge in [0.25, 0.3) is 0 Å². The number of carbonyl (C=O) groups is 1. The third-order valence-corrected chi connectivity index (χ3v) is 7.35. The van der Waals surface area contributed by atoms with Gasteiger partial charge in [0.05, 0.1) is 17.6 Å². The first-order valence-corrected chi connectivity index (χ1v) is 11.2. The Morgan fingerprint density at radius 3 is 2.86 bits per heavy atom. The number of aryl methyl sites for hydroxylation is 1.